The van der Waals surface area contributed by atoms with Crippen LogP contribution in [-0.4, -0.2) is 41.8 Å². The monoisotopic (exact) mass is 378 g/mol. The second-order valence-electron chi connectivity index (χ2n) is 6.66. The second kappa shape index (κ2) is 8.66. The number of ether oxygens (including phenoxy) is 1. The fraction of sp³-hybridized carbons (Fsp3) is 0.474. The summed E-state index contributed by atoms with van der Waals surface area (Å²) in [5, 5.41) is 15.8. The zero-order valence-corrected chi connectivity index (χ0v) is 15.1. The van der Waals surface area contributed by atoms with Crippen LogP contribution >= 0.6 is 11.6 Å². The van der Waals surface area contributed by atoms with E-state index in [1.165, 1.54) is 0 Å². The Balaban J connectivity index is 1.49. The third-order valence-corrected chi connectivity index (χ3v) is 4.91. The van der Waals surface area contributed by atoms with Crippen molar-refractivity contribution in [3.8, 4) is 0 Å². The highest BCUT2D eigenvalue weighted by atomic mass is 35.5. The van der Waals surface area contributed by atoms with Crippen LogP contribution in [0.15, 0.2) is 36.4 Å². The fourth-order valence-corrected chi connectivity index (χ4v) is 3.06. The predicted molar refractivity (Wildman–Crippen MR) is 97.5 cm³/mol. The third kappa shape index (κ3) is 5.06. The molecular formula is C19H23ClN2O4. The predicted octanol–water partition coefficient (Wildman–Crippen LogP) is 1.56. The maximum Gasteiger partial charge on any atom is 0.223 e. The van der Waals surface area contributed by atoms with Crippen LogP contribution in [0.2, 0.25) is 5.02 Å². The summed E-state index contributed by atoms with van der Waals surface area (Å²) in [6.45, 7) is 0.121. The molecule has 1 aromatic rings. The Morgan fingerprint density at radius 2 is 2.00 bits per heavy atom. The Morgan fingerprint density at radius 3 is 2.69 bits per heavy atom. The van der Waals surface area contributed by atoms with E-state index >= 15 is 0 Å². The summed E-state index contributed by atoms with van der Waals surface area (Å²) >= 11 is 6.07. The van der Waals surface area contributed by atoms with Gasteiger partial charge >= 0.3 is 0 Å². The molecule has 1 saturated carbocycles. The van der Waals surface area contributed by atoms with Crippen LogP contribution in [0, 0.1) is 5.92 Å². The van der Waals surface area contributed by atoms with Gasteiger partial charge in [-0.05, 0) is 24.5 Å². The number of benzene rings is 1. The van der Waals surface area contributed by atoms with E-state index in [2.05, 4.69) is 10.6 Å². The number of carbonyl (C=O) groups is 2. The quantitative estimate of drug-likeness (QED) is 0.628. The molecule has 2 amide bonds. The Bertz CT molecular complexity index is 690. The van der Waals surface area contributed by atoms with Gasteiger partial charge in [0.15, 0.2) is 0 Å². The van der Waals surface area contributed by atoms with Gasteiger partial charge in [-0.2, -0.15) is 0 Å². The molecule has 7 heteroatoms. The van der Waals surface area contributed by atoms with E-state index in [1.54, 1.807) is 18.2 Å². The van der Waals surface area contributed by atoms with Crippen LogP contribution in [0.5, 0.6) is 0 Å². The highest BCUT2D eigenvalue weighted by Crippen LogP contribution is 2.29. The Hall–Kier alpha value is -1.89. The Labute approximate surface area is 157 Å². The zero-order valence-electron chi connectivity index (χ0n) is 14.4. The Morgan fingerprint density at radius 1 is 1.23 bits per heavy atom. The van der Waals surface area contributed by atoms with Crippen LogP contribution in [0.25, 0.3) is 0 Å². The van der Waals surface area contributed by atoms with Gasteiger partial charge in [0.1, 0.15) is 6.10 Å². The first kappa shape index (κ1) is 18.9. The number of amides is 2. The van der Waals surface area contributed by atoms with E-state index in [0.717, 1.165) is 18.4 Å². The van der Waals surface area contributed by atoms with Crippen LogP contribution in [-0.2, 0) is 20.9 Å². The molecule has 0 saturated heterocycles. The van der Waals surface area contributed by atoms with Gasteiger partial charge in [-0.3, -0.25) is 9.59 Å². The fourth-order valence-electron chi connectivity index (χ4n) is 2.85. The lowest BCUT2D eigenvalue weighted by molar-refractivity contribution is -0.128. The summed E-state index contributed by atoms with van der Waals surface area (Å²) in [5.74, 6) is -0.0783. The van der Waals surface area contributed by atoms with Crippen LogP contribution in [0.3, 0.4) is 0 Å². The molecule has 2 aliphatic rings. The lowest BCUT2D eigenvalue weighted by atomic mass is 10.0. The first-order valence-corrected chi connectivity index (χ1v) is 9.19. The first-order chi connectivity index (χ1) is 12.6. The highest BCUT2D eigenvalue weighted by molar-refractivity contribution is 6.31. The smallest absolute Gasteiger partial charge is 0.223 e. The molecule has 1 aliphatic carbocycles. The SMILES string of the molecule is O=C(C[C@@H]1C=C[C@H](NC(=O)C2CC2)[C@H](CO)O1)NCc1ccccc1Cl. The van der Waals surface area contributed by atoms with E-state index in [4.69, 9.17) is 16.3 Å². The van der Waals surface area contributed by atoms with Gasteiger partial charge in [0.2, 0.25) is 11.8 Å². The molecular weight excluding hydrogens is 356 g/mol. The molecule has 0 bridgehead atoms. The van der Waals surface area contributed by atoms with Gasteiger partial charge in [-0.1, -0.05) is 42.0 Å². The number of rotatable bonds is 7. The molecule has 140 valence electrons. The van der Waals surface area contributed by atoms with Gasteiger partial charge in [0, 0.05) is 17.5 Å². The normalized spacial score (nSPS) is 24.9. The van der Waals surface area contributed by atoms with E-state index in [1.807, 2.05) is 18.2 Å². The molecule has 1 aromatic carbocycles. The molecule has 0 radical (unpaired) electrons. The summed E-state index contributed by atoms with van der Waals surface area (Å²) in [7, 11) is 0. The van der Waals surface area contributed by atoms with Crippen molar-refractivity contribution in [3.05, 3.63) is 47.0 Å². The number of aliphatic hydroxyl groups excluding tert-OH is 1. The highest BCUT2D eigenvalue weighted by Gasteiger charge is 2.34. The lowest BCUT2D eigenvalue weighted by Gasteiger charge is -2.31. The molecule has 0 unspecified atom stereocenters. The maximum atomic E-state index is 12.1. The van der Waals surface area contributed by atoms with Gasteiger partial charge in [0.25, 0.3) is 0 Å². The average molecular weight is 379 g/mol. The van der Waals surface area contributed by atoms with Gasteiger partial charge in [0.05, 0.1) is 25.2 Å². The van der Waals surface area contributed by atoms with Crippen molar-refractivity contribution in [2.45, 2.75) is 44.1 Å². The standard InChI is InChI=1S/C19H23ClN2O4/c20-15-4-2-1-3-13(15)10-21-18(24)9-14-7-8-16(17(11-23)26-14)22-19(25)12-5-6-12/h1-4,7-8,12,14,16-17,23H,5-6,9-11H2,(H,21,24)(H,22,25)/t14-,16-,17-/m0/s1. The van der Waals surface area contributed by atoms with E-state index < -0.39 is 12.2 Å². The maximum absolute atomic E-state index is 12.1. The molecule has 26 heavy (non-hydrogen) atoms. The molecule has 1 heterocycles. The van der Waals surface area contributed by atoms with Crippen molar-refractivity contribution in [1.29, 1.82) is 0 Å². The molecule has 3 N–H and O–H groups in total. The molecule has 6 nitrogen and oxygen atoms in total. The van der Waals surface area contributed by atoms with E-state index in [0.29, 0.717) is 11.6 Å². The molecule has 1 aliphatic heterocycles. The summed E-state index contributed by atoms with van der Waals surface area (Å²) in [5.41, 5.74) is 0.846. The molecule has 3 rings (SSSR count). The molecule has 0 spiro atoms. The summed E-state index contributed by atoms with van der Waals surface area (Å²) < 4.78 is 5.76. The summed E-state index contributed by atoms with van der Waals surface area (Å²) in [6, 6.07) is 6.96. The van der Waals surface area contributed by atoms with E-state index in [-0.39, 0.29) is 36.8 Å². The van der Waals surface area contributed by atoms with E-state index in [9.17, 15) is 14.7 Å². The van der Waals surface area contributed by atoms with Crippen molar-refractivity contribution in [3.63, 3.8) is 0 Å². The average Bonchev–Trinajstić information content (AvgIpc) is 3.47. The topological polar surface area (TPSA) is 87.7 Å². The van der Waals surface area contributed by atoms with Gasteiger partial charge in [-0.25, -0.2) is 0 Å². The van der Waals surface area contributed by atoms with Crippen LogP contribution in [0.1, 0.15) is 24.8 Å². The number of hydrogen-bond acceptors (Lipinski definition) is 4. The van der Waals surface area contributed by atoms with Crippen molar-refractivity contribution >= 4 is 23.4 Å². The first-order valence-electron chi connectivity index (χ1n) is 8.82. The van der Waals surface area contributed by atoms with Crippen molar-refractivity contribution in [2.24, 2.45) is 5.92 Å². The lowest BCUT2D eigenvalue weighted by Crippen LogP contribution is -2.49. The van der Waals surface area contributed by atoms with Gasteiger partial charge in [-0.15, -0.1) is 0 Å². The third-order valence-electron chi connectivity index (χ3n) is 4.54. The van der Waals surface area contributed by atoms with Crippen LogP contribution in [0.4, 0.5) is 0 Å². The molecule has 1 fully saturated rings. The Kier molecular flexibility index (Phi) is 6.29. The number of nitrogens with one attached hydrogen (secondary N) is 2. The van der Waals surface area contributed by atoms with Gasteiger partial charge < -0.3 is 20.5 Å². The number of hydrogen-bond donors (Lipinski definition) is 3. The minimum Gasteiger partial charge on any atom is -0.394 e. The number of halogens is 1. The minimum atomic E-state index is -0.552. The van der Waals surface area contributed by atoms with Crippen molar-refractivity contribution < 1.29 is 19.4 Å². The minimum absolute atomic E-state index is 0.00219. The number of aliphatic hydroxyl groups is 1. The van der Waals surface area contributed by atoms with Crippen molar-refractivity contribution in [1.82, 2.24) is 10.6 Å². The molecule has 3 atom stereocenters. The van der Waals surface area contributed by atoms with Crippen molar-refractivity contribution in [2.75, 3.05) is 6.61 Å². The molecule has 0 aromatic heterocycles. The summed E-state index contributed by atoms with van der Waals surface area (Å²) in [6.07, 6.45) is 4.55. The zero-order chi connectivity index (χ0) is 18.5. The van der Waals surface area contributed by atoms with Crippen LogP contribution < -0.4 is 10.6 Å². The number of carbonyl (C=O) groups excluding carboxylic acids is 2. The largest absolute Gasteiger partial charge is 0.394 e. The summed E-state index contributed by atoms with van der Waals surface area (Å²) in [4.78, 5) is 24.0. The second-order valence-corrected chi connectivity index (χ2v) is 7.07.